The third-order valence-corrected chi connectivity index (χ3v) is 7.11. The van der Waals surface area contributed by atoms with Crippen LogP contribution in [0.5, 0.6) is 5.75 Å². The van der Waals surface area contributed by atoms with Crippen molar-refractivity contribution in [3.8, 4) is 17.2 Å². The van der Waals surface area contributed by atoms with Crippen molar-refractivity contribution in [2.24, 2.45) is 5.92 Å². The van der Waals surface area contributed by atoms with E-state index < -0.39 is 9.84 Å². The Bertz CT molecular complexity index is 831. The van der Waals surface area contributed by atoms with Gasteiger partial charge >= 0.3 is 0 Å². The molecule has 4 rings (SSSR count). The lowest BCUT2D eigenvalue weighted by molar-refractivity contribution is 0.280. The van der Waals surface area contributed by atoms with Crippen LogP contribution >= 0.6 is 0 Å². The molecule has 1 aromatic carbocycles. The predicted octanol–water partition coefficient (Wildman–Crippen LogP) is 1.36. The van der Waals surface area contributed by atoms with Crippen molar-refractivity contribution >= 4 is 9.84 Å². The van der Waals surface area contributed by atoms with Crippen molar-refractivity contribution in [3.63, 3.8) is 0 Å². The number of fused-ring (bicyclic) bond motifs is 1. The maximum atomic E-state index is 12.0. The van der Waals surface area contributed by atoms with Crippen molar-refractivity contribution in [2.75, 3.05) is 26.0 Å². The molecule has 8 heteroatoms. The van der Waals surface area contributed by atoms with Crippen LogP contribution in [-0.2, 0) is 16.4 Å². The van der Waals surface area contributed by atoms with E-state index in [1.807, 2.05) is 24.3 Å². The van der Waals surface area contributed by atoms with Gasteiger partial charge in [-0.25, -0.2) is 8.42 Å². The summed E-state index contributed by atoms with van der Waals surface area (Å²) in [7, 11) is -1.30. The monoisotopic (exact) mass is 349 g/mol. The van der Waals surface area contributed by atoms with Crippen LogP contribution in [0, 0.1) is 5.92 Å². The normalized spacial score (nSPS) is 25.7. The van der Waals surface area contributed by atoms with Gasteiger partial charge in [0.1, 0.15) is 5.75 Å². The number of ether oxygens (including phenoxy) is 1. The van der Waals surface area contributed by atoms with Crippen LogP contribution in [0.3, 0.4) is 0 Å². The average Bonchev–Trinajstić information content (AvgIpc) is 3.26. The predicted molar refractivity (Wildman–Crippen MR) is 87.2 cm³/mol. The van der Waals surface area contributed by atoms with Gasteiger partial charge in [0, 0.05) is 18.7 Å². The molecule has 3 heterocycles. The Morgan fingerprint density at radius 2 is 2.04 bits per heavy atom. The number of hydrogen-bond donors (Lipinski definition) is 0. The Morgan fingerprint density at radius 1 is 1.25 bits per heavy atom. The minimum absolute atomic E-state index is 0.221. The smallest absolute Gasteiger partial charge is 0.247 e. The molecule has 1 aromatic heterocycles. The summed E-state index contributed by atoms with van der Waals surface area (Å²) in [6.07, 6.45) is 0.768. The highest BCUT2D eigenvalue weighted by atomic mass is 32.2. The topological polar surface area (TPSA) is 85.5 Å². The first-order chi connectivity index (χ1) is 11.5. The summed E-state index contributed by atoms with van der Waals surface area (Å²) < 4.78 is 34.8. The van der Waals surface area contributed by atoms with Crippen molar-refractivity contribution < 1.29 is 17.6 Å². The summed E-state index contributed by atoms with van der Waals surface area (Å²) in [4.78, 5) is 2.09. The lowest BCUT2D eigenvalue weighted by atomic mass is 10.1. The van der Waals surface area contributed by atoms with Gasteiger partial charge in [-0.1, -0.05) is 0 Å². The molecule has 128 valence electrons. The molecule has 2 fully saturated rings. The Labute approximate surface area is 140 Å². The molecule has 0 amide bonds. The SMILES string of the molecule is COc1ccc(-c2nnc(CN3C[C@@H]4CCS(=O)(=O)[C@@H]4C3)o2)cc1. The number of benzene rings is 1. The molecule has 0 unspecified atom stereocenters. The molecule has 0 N–H and O–H groups in total. The number of aromatic nitrogens is 2. The van der Waals surface area contributed by atoms with Crippen LogP contribution in [0.1, 0.15) is 12.3 Å². The van der Waals surface area contributed by atoms with E-state index in [1.165, 1.54) is 0 Å². The van der Waals surface area contributed by atoms with Crippen LogP contribution in [0.4, 0.5) is 0 Å². The fourth-order valence-electron chi connectivity index (χ4n) is 3.57. The Morgan fingerprint density at radius 3 is 2.75 bits per heavy atom. The van der Waals surface area contributed by atoms with Gasteiger partial charge in [-0.3, -0.25) is 4.90 Å². The number of likely N-dealkylation sites (tertiary alicyclic amines) is 1. The van der Waals surface area contributed by atoms with Crippen LogP contribution in [-0.4, -0.2) is 54.7 Å². The summed E-state index contributed by atoms with van der Waals surface area (Å²) in [5, 5.41) is 7.95. The number of hydrogen-bond acceptors (Lipinski definition) is 7. The fourth-order valence-corrected chi connectivity index (χ4v) is 5.75. The summed E-state index contributed by atoms with van der Waals surface area (Å²) in [6.45, 7) is 1.84. The number of rotatable bonds is 4. The average molecular weight is 349 g/mol. The molecule has 24 heavy (non-hydrogen) atoms. The van der Waals surface area contributed by atoms with Gasteiger partial charge in [-0.2, -0.15) is 0 Å². The summed E-state index contributed by atoms with van der Waals surface area (Å²) >= 11 is 0. The molecule has 2 saturated heterocycles. The van der Waals surface area contributed by atoms with Crippen LogP contribution in [0.2, 0.25) is 0 Å². The van der Waals surface area contributed by atoms with E-state index in [9.17, 15) is 8.42 Å². The van der Waals surface area contributed by atoms with Crippen LogP contribution in [0.25, 0.3) is 11.5 Å². The molecule has 0 radical (unpaired) electrons. The second kappa shape index (κ2) is 5.86. The molecule has 2 aliphatic rings. The first kappa shape index (κ1) is 15.6. The van der Waals surface area contributed by atoms with Crippen molar-refractivity contribution in [3.05, 3.63) is 30.2 Å². The molecule has 0 spiro atoms. The van der Waals surface area contributed by atoms with Gasteiger partial charge in [-0.15, -0.1) is 10.2 Å². The van der Waals surface area contributed by atoms with E-state index in [-0.39, 0.29) is 11.2 Å². The molecular formula is C16H19N3O4S. The molecule has 0 bridgehead atoms. The van der Waals surface area contributed by atoms with Crippen molar-refractivity contribution in [1.82, 2.24) is 15.1 Å². The van der Waals surface area contributed by atoms with Gasteiger partial charge in [0.25, 0.3) is 0 Å². The second-order valence-electron chi connectivity index (χ2n) is 6.38. The van der Waals surface area contributed by atoms with Gasteiger partial charge in [0.2, 0.25) is 11.8 Å². The minimum Gasteiger partial charge on any atom is -0.497 e. The maximum Gasteiger partial charge on any atom is 0.247 e. The van der Waals surface area contributed by atoms with Crippen LogP contribution in [0.15, 0.2) is 28.7 Å². The Kier molecular flexibility index (Phi) is 3.80. The Hall–Kier alpha value is -1.93. The third-order valence-electron chi connectivity index (χ3n) is 4.85. The van der Waals surface area contributed by atoms with Gasteiger partial charge < -0.3 is 9.15 Å². The van der Waals surface area contributed by atoms with E-state index in [1.54, 1.807) is 7.11 Å². The quantitative estimate of drug-likeness (QED) is 0.824. The first-order valence-electron chi connectivity index (χ1n) is 7.96. The molecular weight excluding hydrogens is 330 g/mol. The van der Waals surface area contributed by atoms with E-state index >= 15 is 0 Å². The highest BCUT2D eigenvalue weighted by molar-refractivity contribution is 7.92. The highest BCUT2D eigenvalue weighted by Crippen LogP contribution is 2.34. The number of sulfone groups is 1. The zero-order valence-electron chi connectivity index (χ0n) is 13.4. The molecule has 2 atom stereocenters. The minimum atomic E-state index is -2.91. The van der Waals surface area contributed by atoms with E-state index in [2.05, 4.69) is 15.1 Å². The lowest BCUT2D eigenvalue weighted by Crippen LogP contribution is -2.26. The van der Waals surface area contributed by atoms with E-state index in [0.717, 1.165) is 24.3 Å². The zero-order valence-corrected chi connectivity index (χ0v) is 14.2. The highest BCUT2D eigenvalue weighted by Gasteiger charge is 2.46. The molecule has 2 aromatic rings. The van der Waals surface area contributed by atoms with E-state index in [0.29, 0.717) is 30.6 Å². The number of nitrogens with zero attached hydrogens (tertiary/aromatic N) is 3. The molecule has 0 aliphatic carbocycles. The largest absolute Gasteiger partial charge is 0.497 e. The zero-order chi connectivity index (χ0) is 16.7. The molecule has 0 saturated carbocycles. The standard InChI is InChI=1S/C16H19N3O4S/c1-22-13-4-2-11(3-5-13)16-18-17-15(23-16)10-19-8-12-6-7-24(20,21)14(12)9-19/h2-5,12,14H,6-10H2,1H3/t12-,14+/m0/s1. The first-order valence-corrected chi connectivity index (χ1v) is 9.67. The van der Waals surface area contributed by atoms with E-state index in [4.69, 9.17) is 9.15 Å². The lowest BCUT2D eigenvalue weighted by Gasteiger charge is -2.13. The fraction of sp³-hybridized carbons (Fsp3) is 0.500. The maximum absolute atomic E-state index is 12.0. The Balaban J connectivity index is 1.44. The van der Waals surface area contributed by atoms with Crippen LogP contribution < -0.4 is 4.74 Å². The number of methoxy groups -OCH3 is 1. The summed E-state index contributed by atoms with van der Waals surface area (Å²) in [5.41, 5.74) is 0.829. The van der Waals surface area contributed by atoms with Gasteiger partial charge in [0.15, 0.2) is 9.84 Å². The second-order valence-corrected chi connectivity index (χ2v) is 8.72. The van der Waals surface area contributed by atoms with Crippen molar-refractivity contribution in [2.45, 2.75) is 18.2 Å². The molecule has 7 nitrogen and oxygen atoms in total. The van der Waals surface area contributed by atoms with Crippen molar-refractivity contribution in [1.29, 1.82) is 0 Å². The molecule has 2 aliphatic heterocycles. The van der Waals surface area contributed by atoms with Gasteiger partial charge in [0.05, 0.1) is 24.7 Å². The third kappa shape index (κ3) is 2.80. The van der Waals surface area contributed by atoms with Gasteiger partial charge in [-0.05, 0) is 36.6 Å². The summed E-state index contributed by atoms with van der Waals surface area (Å²) in [5.74, 6) is 2.32. The summed E-state index contributed by atoms with van der Waals surface area (Å²) in [6, 6.07) is 7.41.